The van der Waals surface area contributed by atoms with Crippen LogP contribution in [0.3, 0.4) is 0 Å². The van der Waals surface area contributed by atoms with Gasteiger partial charge in [-0.3, -0.25) is 19.7 Å². The van der Waals surface area contributed by atoms with E-state index >= 15 is 0 Å². The van der Waals surface area contributed by atoms with Gasteiger partial charge in [0, 0.05) is 28.4 Å². The molecule has 0 fully saturated rings. The fourth-order valence-electron chi connectivity index (χ4n) is 3.65. The van der Waals surface area contributed by atoms with Crippen LogP contribution in [0.15, 0.2) is 108 Å². The number of nitrogens with one attached hydrogen (secondary N) is 2. The van der Waals surface area contributed by atoms with Crippen molar-refractivity contribution in [3.8, 4) is 5.75 Å². The Labute approximate surface area is 224 Å². The summed E-state index contributed by atoms with van der Waals surface area (Å²) in [6.45, 7) is 1.58. The summed E-state index contributed by atoms with van der Waals surface area (Å²) in [5, 5.41) is 16.2. The summed E-state index contributed by atoms with van der Waals surface area (Å²) >= 11 is 1.33. The molecule has 4 aromatic rings. The molecular formula is C29H25N3O5S. The van der Waals surface area contributed by atoms with Crippen molar-refractivity contribution >= 4 is 40.6 Å². The van der Waals surface area contributed by atoms with Gasteiger partial charge < -0.3 is 15.4 Å². The largest absolute Gasteiger partial charge is 0.484 e. The second-order valence-corrected chi connectivity index (χ2v) is 9.51. The molecule has 0 radical (unpaired) electrons. The highest BCUT2D eigenvalue weighted by Crippen LogP contribution is 2.37. The highest BCUT2D eigenvalue weighted by Gasteiger charge is 2.23. The summed E-state index contributed by atoms with van der Waals surface area (Å²) in [6.07, 6.45) is 0. The van der Waals surface area contributed by atoms with E-state index in [1.54, 1.807) is 37.3 Å². The van der Waals surface area contributed by atoms with Crippen molar-refractivity contribution in [2.45, 2.75) is 17.1 Å². The van der Waals surface area contributed by atoms with Gasteiger partial charge in [0.1, 0.15) is 11.0 Å². The molecule has 0 aromatic heterocycles. The third-order valence-electron chi connectivity index (χ3n) is 5.50. The normalized spacial score (nSPS) is 11.3. The minimum atomic E-state index is -0.613. The topological polar surface area (TPSA) is 111 Å². The van der Waals surface area contributed by atoms with E-state index in [1.165, 1.54) is 30.0 Å². The van der Waals surface area contributed by atoms with Crippen molar-refractivity contribution in [3.63, 3.8) is 0 Å². The molecule has 0 spiro atoms. The van der Waals surface area contributed by atoms with Gasteiger partial charge in [-0.05, 0) is 54.4 Å². The molecule has 38 heavy (non-hydrogen) atoms. The van der Waals surface area contributed by atoms with Crippen molar-refractivity contribution in [2.24, 2.45) is 0 Å². The number of hydrogen-bond acceptors (Lipinski definition) is 6. The Morgan fingerprint density at radius 2 is 1.61 bits per heavy atom. The van der Waals surface area contributed by atoms with Gasteiger partial charge in [-0.2, -0.15) is 0 Å². The fourth-order valence-corrected chi connectivity index (χ4v) is 4.73. The predicted molar refractivity (Wildman–Crippen MR) is 149 cm³/mol. The first-order valence-electron chi connectivity index (χ1n) is 11.7. The lowest BCUT2D eigenvalue weighted by molar-refractivity contribution is -0.384. The Kier molecular flexibility index (Phi) is 8.73. The Morgan fingerprint density at radius 1 is 0.895 bits per heavy atom. The summed E-state index contributed by atoms with van der Waals surface area (Å²) in [5.74, 6) is 0.0257. The van der Waals surface area contributed by atoms with E-state index in [0.29, 0.717) is 22.7 Å². The second kappa shape index (κ2) is 12.6. The van der Waals surface area contributed by atoms with Crippen LogP contribution >= 0.6 is 11.8 Å². The monoisotopic (exact) mass is 527 g/mol. The minimum Gasteiger partial charge on any atom is -0.484 e. The highest BCUT2D eigenvalue weighted by molar-refractivity contribution is 8.00. The van der Waals surface area contributed by atoms with Crippen LogP contribution in [-0.4, -0.2) is 23.3 Å². The van der Waals surface area contributed by atoms with Gasteiger partial charge in [0.05, 0.1) is 4.92 Å². The zero-order chi connectivity index (χ0) is 26.9. The first-order chi connectivity index (χ1) is 18.4. The number of nitrogens with zero attached hydrogens (tertiary/aromatic N) is 1. The van der Waals surface area contributed by atoms with E-state index in [9.17, 15) is 19.7 Å². The number of rotatable bonds is 10. The average Bonchev–Trinajstić information content (AvgIpc) is 2.93. The van der Waals surface area contributed by atoms with Crippen LogP contribution in [0, 0.1) is 17.0 Å². The maximum absolute atomic E-state index is 13.4. The molecule has 2 amide bonds. The van der Waals surface area contributed by atoms with Gasteiger partial charge in [0.25, 0.3) is 11.6 Å². The molecule has 1 atom stereocenters. The molecule has 4 aromatic carbocycles. The number of anilines is 2. The molecule has 0 saturated heterocycles. The first kappa shape index (κ1) is 26.4. The van der Waals surface area contributed by atoms with Crippen molar-refractivity contribution in [2.75, 3.05) is 17.2 Å². The molecule has 0 saturated carbocycles. The molecule has 192 valence electrons. The maximum atomic E-state index is 13.4. The van der Waals surface area contributed by atoms with E-state index in [0.717, 1.165) is 10.5 Å². The number of nitro groups is 1. The van der Waals surface area contributed by atoms with E-state index in [1.807, 2.05) is 54.6 Å². The number of amides is 2. The number of nitro benzene ring substituents is 1. The molecule has 0 heterocycles. The molecular weight excluding hydrogens is 502 g/mol. The fraction of sp³-hybridized carbons (Fsp3) is 0.103. The number of thioether (sulfide) groups is 1. The van der Waals surface area contributed by atoms with E-state index in [2.05, 4.69) is 10.6 Å². The summed E-state index contributed by atoms with van der Waals surface area (Å²) < 4.78 is 5.50. The summed E-state index contributed by atoms with van der Waals surface area (Å²) in [7, 11) is 0. The maximum Gasteiger partial charge on any atom is 0.269 e. The molecule has 1 unspecified atom stereocenters. The number of carbonyl (C=O) groups is 2. The molecule has 8 nitrogen and oxygen atoms in total. The Bertz CT molecular complexity index is 1430. The predicted octanol–water partition coefficient (Wildman–Crippen LogP) is 6.39. The Hall–Kier alpha value is -4.63. The van der Waals surface area contributed by atoms with E-state index in [-0.39, 0.29) is 24.1 Å². The SMILES string of the molecule is Cc1cc([N+](=O)[O-])ccc1NC(=O)C(Sc1cccc(NC(=O)COc2ccccc2)c1)c1ccccc1. The van der Waals surface area contributed by atoms with Gasteiger partial charge in [-0.15, -0.1) is 11.8 Å². The van der Waals surface area contributed by atoms with Crippen LogP contribution in [0.4, 0.5) is 17.1 Å². The van der Waals surface area contributed by atoms with Crippen molar-refractivity contribution in [1.29, 1.82) is 0 Å². The lowest BCUT2D eigenvalue weighted by Crippen LogP contribution is -2.20. The molecule has 4 rings (SSSR count). The van der Waals surface area contributed by atoms with Gasteiger partial charge in [-0.25, -0.2) is 0 Å². The van der Waals surface area contributed by atoms with Gasteiger partial charge in [0.2, 0.25) is 5.91 Å². The van der Waals surface area contributed by atoms with Crippen LogP contribution in [0.5, 0.6) is 5.75 Å². The van der Waals surface area contributed by atoms with Crippen molar-refractivity contribution in [1.82, 2.24) is 0 Å². The molecule has 9 heteroatoms. The number of ether oxygens (including phenoxy) is 1. The van der Waals surface area contributed by atoms with Crippen molar-refractivity contribution in [3.05, 3.63) is 124 Å². The molecule has 0 bridgehead atoms. The van der Waals surface area contributed by atoms with Crippen LogP contribution in [0.25, 0.3) is 0 Å². The lowest BCUT2D eigenvalue weighted by Gasteiger charge is -2.18. The van der Waals surface area contributed by atoms with Crippen LogP contribution in [-0.2, 0) is 9.59 Å². The average molecular weight is 528 g/mol. The third kappa shape index (κ3) is 7.21. The van der Waals surface area contributed by atoms with E-state index < -0.39 is 10.2 Å². The molecule has 0 aliphatic carbocycles. The second-order valence-electron chi connectivity index (χ2n) is 8.33. The van der Waals surface area contributed by atoms with Gasteiger partial charge in [-0.1, -0.05) is 54.6 Å². The van der Waals surface area contributed by atoms with Crippen LogP contribution in [0.2, 0.25) is 0 Å². The smallest absolute Gasteiger partial charge is 0.269 e. The Morgan fingerprint density at radius 3 is 2.29 bits per heavy atom. The quantitative estimate of drug-likeness (QED) is 0.140. The first-order valence-corrected chi connectivity index (χ1v) is 12.6. The van der Waals surface area contributed by atoms with Crippen molar-refractivity contribution < 1.29 is 19.2 Å². The summed E-state index contributed by atoms with van der Waals surface area (Å²) in [5.41, 5.74) is 2.42. The minimum absolute atomic E-state index is 0.0393. The molecule has 0 aliphatic rings. The molecule has 0 aliphatic heterocycles. The number of hydrogen-bond donors (Lipinski definition) is 2. The van der Waals surface area contributed by atoms with E-state index in [4.69, 9.17) is 4.74 Å². The summed E-state index contributed by atoms with van der Waals surface area (Å²) in [4.78, 5) is 37.2. The van der Waals surface area contributed by atoms with Gasteiger partial charge >= 0.3 is 0 Å². The lowest BCUT2D eigenvalue weighted by atomic mass is 10.1. The number of carbonyl (C=O) groups excluding carboxylic acids is 2. The Balaban J connectivity index is 1.47. The number of non-ortho nitro benzene ring substituents is 1. The zero-order valence-electron chi connectivity index (χ0n) is 20.5. The molecule has 2 N–H and O–H groups in total. The van der Waals surface area contributed by atoms with Crippen LogP contribution < -0.4 is 15.4 Å². The van der Waals surface area contributed by atoms with Crippen LogP contribution in [0.1, 0.15) is 16.4 Å². The number of aryl methyl sites for hydroxylation is 1. The highest BCUT2D eigenvalue weighted by atomic mass is 32.2. The number of para-hydroxylation sites is 1. The third-order valence-corrected chi connectivity index (χ3v) is 6.75. The van der Waals surface area contributed by atoms with Gasteiger partial charge in [0.15, 0.2) is 6.61 Å². The number of benzene rings is 4. The summed E-state index contributed by atoms with van der Waals surface area (Å²) in [6, 6.07) is 29.9. The zero-order valence-corrected chi connectivity index (χ0v) is 21.3. The standard InChI is InChI=1S/C29H25N3O5S/c1-20-17-23(32(35)36)15-16-26(20)31-29(34)28(21-9-4-2-5-10-21)38-25-14-8-11-22(18-25)30-27(33)19-37-24-12-6-3-7-13-24/h2-18,28H,19H2,1H3,(H,30,33)(H,31,34).